The molecule has 2 heterocycles. The number of sulfone groups is 1. The van der Waals surface area contributed by atoms with Crippen LogP contribution < -0.4 is 5.32 Å². The molecular formula is C15H26N4O2S. The molecule has 0 atom stereocenters. The minimum absolute atomic E-state index is 0.235. The molecule has 2 rings (SSSR count). The average Bonchev–Trinajstić information content (AvgIpc) is 2.54. The summed E-state index contributed by atoms with van der Waals surface area (Å²) in [5.74, 6) is 1.39. The molecule has 1 aromatic heterocycles. The molecule has 1 N–H and O–H groups in total. The molecular weight excluding hydrogens is 300 g/mol. The molecule has 124 valence electrons. The van der Waals surface area contributed by atoms with Gasteiger partial charge >= 0.3 is 0 Å². The number of rotatable bonds is 7. The Bertz CT molecular complexity index is 569. The zero-order chi connectivity index (χ0) is 16.0. The summed E-state index contributed by atoms with van der Waals surface area (Å²) in [7, 11) is -2.86. The lowest BCUT2D eigenvalue weighted by atomic mass is 10.1. The second-order valence-corrected chi connectivity index (χ2v) is 8.22. The first-order chi connectivity index (χ1) is 10.5. The summed E-state index contributed by atoms with van der Waals surface area (Å²) in [5, 5.41) is 3.46. The summed E-state index contributed by atoms with van der Waals surface area (Å²) in [4.78, 5) is 10.7. The van der Waals surface area contributed by atoms with Gasteiger partial charge in [-0.25, -0.2) is 18.4 Å². The van der Waals surface area contributed by atoms with E-state index in [1.54, 1.807) is 13.3 Å². The largest absolute Gasteiger partial charge is 0.367 e. The van der Waals surface area contributed by atoms with Crippen molar-refractivity contribution in [2.24, 2.45) is 0 Å². The zero-order valence-electron chi connectivity index (χ0n) is 13.5. The van der Waals surface area contributed by atoms with Gasteiger partial charge in [-0.1, -0.05) is 13.8 Å². The molecule has 0 saturated carbocycles. The Balaban J connectivity index is 1.77. The predicted molar refractivity (Wildman–Crippen MR) is 88.8 cm³/mol. The van der Waals surface area contributed by atoms with E-state index in [1.165, 1.54) is 0 Å². The third-order valence-corrected chi connectivity index (χ3v) is 5.87. The first kappa shape index (κ1) is 17.1. The molecule has 1 aromatic rings. The van der Waals surface area contributed by atoms with Crippen molar-refractivity contribution in [3.63, 3.8) is 0 Å². The molecule has 1 aliphatic rings. The topological polar surface area (TPSA) is 75.2 Å². The van der Waals surface area contributed by atoms with Crippen molar-refractivity contribution in [3.05, 3.63) is 18.1 Å². The van der Waals surface area contributed by atoms with Crippen LogP contribution in [0.5, 0.6) is 0 Å². The molecule has 0 aliphatic carbocycles. The summed E-state index contributed by atoms with van der Waals surface area (Å²) in [6, 6.07) is 2.40. The zero-order valence-corrected chi connectivity index (χ0v) is 14.3. The molecule has 0 spiro atoms. The summed E-state index contributed by atoms with van der Waals surface area (Å²) in [6.07, 6.45) is 4.53. The van der Waals surface area contributed by atoms with Gasteiger partial charge in [0.15, 0.2) is 9.84 Å². The minimum Gasteiger partial charge on any atom is -0.367 e. The van der Waals surface area contributed by atoms with Crippen LogP contribution in [0, 0.1) is 0 Å². The molecule has 22 heavy (non-hydrogen) atoms. The lowest BCUT2D eigenvalue weighted by Gasteiger charge is -2.32. The third kappa shape index (κ3) is 5.21. The molecule has 7 heteroatoms. The van der Waals surface area contributed by atoms with Crippen molar-refractivity contribution in [2.45, 2.75) is 39.2 Å². The fourth-order valence-electron chi connectivity index (χ4n) is 2.59. The smallest absolute Gasteiger partial charge is 0.151 e. The van der Waals surface area contributed by atoms with Gasteiger partial charge in [0.2, 0.25) is 0 Å². The molecule has 1 saturated heterocycles. The minimum atomic E-state index is -2.86. The number of anilines is 1. The van der Waals surface area contributed by atoms with Gasteiger partial charge in [-0.3, -0.25) is 0 Å². The molecule has 0 bridgehead atoms. The second kappa shape index (κ2) is 7.87. The summed E-state index contributed by atoms with van der Waals surface area (Å²) >= 11 is 0. The highest BCUT2D eigenvalue weighted by Gasteiger charge is 2.20. The molecule has 6 nitrogen and oxygen atoms in total. The van der Waals surface area contributed by atoms with Crippen LogP contribution in [0.3, 0.4) is 0 Å². The van der Waals surface area contributed by atoms with Crippen LogP contribution in [-0.4, -0.2) is 60.5 Å². The molecule has 0 aromatic carbocycles. The van der Waals surface area contributed by atoms with E-state index in [0.717, 1.165) is 43.9 Å². The number of piperidine rings is 1. The summed E-state index contributed by atoms with van der Waals surface area (Å²) in [6.45, 7) is 6.30. The van der Waals surface area contributed by atoms with E-state index in [1.807, 2.05) is 6.07 Å². The van der Waals surface area contributed by atoms with Crippen molar-refractivity contribution in [2.75, 3.05) is 36.5 Å². The highest BCUT2D eigenvalue weighted by molar-refractivity contribution is 7.91. The predicted octanol–water partition coefficient (Wildman–Crippen LogP) is 1.35. The van der Waals surface area contributed by atoms with Gasteiger partial charge in [-0.05, 0) is 19.3 Å². The Morgan fingerprint density at radius 2 is 2.00 bits per heavy atom. The highest BCUT2D eigenvalue weighted by Crippen LogP contribution is 2.15. The first-order valence-corrected chi connectivity index (χ1v) is 9.84. The van der Waals surface area contributed by atoms with E-state index in [9.17, 15) is 8.42 Å². The molecule has 1 aliphatic heterocycles. The number of aryl methyl sites for hydroxylation is 1. The van der Waals surface area contributed by atoms with Gasteiger partial charge in [0.05, 0.1) is 5.75 Å². The fourth-order valence-corrected chi connectivity index (χ4v) is 3.42. The van der Waals surface area contributed by atoms with Gasteiger partial charge in [0.25, 0.3) is 0 Å². The maximum absolute atomic E-state index is 11.6. The normalized spacial score (nSPS) is 17.5. The molecule has 0 amide bonds. The Morgan fingerprint density at radius 1 is 1.27 bits per heavy atom. The van der Waals surface area contributed by atoms with Crippen LogP contribution in [-0.2, 0) is 16.3 Å². The van der Waals surface area contributed by atoms with Crippen molar-refractivity contribution >= 4 is 15.7 Å². The van der Waals surface area contributed by atoms with E-state index >= 15 is 0 Å². The van der Waals surface area contributed by atoms with E-state index in [2.05, 4.69) is 27.1 Å². The average molecular weight is 326 g/mol. The maximum atomic E-state index is 11.6. The quantitative estimate of drug-likeness (QED) is 0.815. The first-order valence-electron chi connectivity index (χ1n) is 8.02. The summed E-state index contributed by atoms with van der Waals surface area (Å²) in [5.41, 5.74) is 1.04. The monoisotopic (exact) mass is 326 g/mol. The van der Waals surface area contributed by atoms with Crippen LogP contribution in [0.2, 0.25) is 0 Å². The lowest BCUT2D eigenvalue weighted by Crippen LogP contribution is -2.41. The number of nitrogens with zero attached hydrogens (tertiary/aromatic N) is 3. The number of hydrogen-bond acceptors (Lipinski definition) is 6. The Kier molecular flexibility index (Phi) is 6.14. The van der Waals surface area contributed by atoms with Crippen LogP contribution >= 0.6 is 0 Å². The van der Waals surface area contributed by atoms with Crippen molar-refractivity contribution in [1.82, 2.24) is 14.9 Å². The third-order valence-electron chi connectivity index (χ3n) is 4.18. The van der Waals surface area contributed by atoms with Crippen LogP contribution in [0.15, 0.2) is 12.4 Å². The number of likely N-dealkylation sites (tertiary alicyclic amines) is 1. The SMILES string of the molecule is CCc1cc(NC2CCN(CCS(=O)(=O)CC)CC2)ncn1. The van der Waals surface area contributed by atoms with E-state index in [4.69, 9.17) is 0 Å². The van der Waals surface area contributed by atoms with Gasteiger partial charge in [-0.15, -0.1) is 0 Å². The van der Waals surface area contributed by atoms with Crippen molar-refractivity contribution in [1.29, 1.82) is 0 Å². The van der Waals surface area contributed by atoms with E-state index in [-0.39, 0.29) is 11.5 Å². The number of nitrogens with one attached hydrogen (secondary N) is 1. The van der Waals surface area contributed by atoms with Crippen molar-refractivity contribution < 1.29 is 8.42 Å². The van der Waals surface area contributed by atoms with Crippen LogP contribution in [0.1, 0.15) is 32.4 Å². The van der Waals surface area contributed by atoms with E-state index < -0.39 is 9.84 Å². The van der Waals surface area contributed by atoms with Crippen molar-refractivity contribution in [3.8, 4) is 0 Å². The fraction of sp³-hybridized carbons (Fsp3) is 0.733. The van der Waals surface area contributed by atoms with Crippen LogP contribution in [0.25, 0.3) is 0 Å². The molecule has 1 fully saturated rings. The maximum Gasteiger partial charge on any atom is 0.151 e. The lowest BCUT2D eigenvalue weighted by molar-refractivity contribution is 0.230. The standard InChI is InChI=1S/C15H26N4O2S/c1-3-13-11-15(17-12-16-13)18-14-5-7-19(8-6-14)9-10-22(20,21)4-2/h11-12,14H,3-10H2,1-2H3,(H,16,17,18). The van der Waals surface area contributed by atoms with Gasteiger partial charge in [-0.2, -0.15) is 0 Å². The van der Waals surface area contributed by atoms with Crippen LogP contribution in [0.4, 0.5) is 5.82 Å². The molecule has 0 radical (unpaired) electrons. The van der Waals surface area contributed by atoms with Gasteiger partial charge < -0.3 is 10.2 Å². The van der Waals surface area contributed by atoms with Gasteiger partial charge in [0.1, 0.15) is 12.1 Å². The Hall–Kier alpha value is -1.21. The van der Waals surface area contributed by atoms with Gasteiger partial charge in [0, 0.05) is 43.2 Å². The highest BCUT2D eigenvalue weighted by atomic mass is 32.2. The summed E-state index contributed by atoms with van der Waals surface area (Å²) < 4.78 is 23.1. The number of hydrogen-bond donors (Lipinski definition) is 1. The Morgan fingerprint density at radius 3 is 2.64 bits per heavy atom. The second-order valence-electron chi connectivity index (χ2n) is 5.74. The Labute approximate surface area is 133 Å². The van der Waals surface area contributed by atoms with E-state index in [0.29, 0.717) is 12.6 Å². The molecule has 0 unspecified atom stereocenters. The number of aromatic nitrogens is 2.